The molecule has 204 valence electrons. The topological polar surface area (TPSA) is 116 Å². The van der Waals surface area contributed by atoms with Gasteiger partial charge in [-0.1, -0.05) is 91.0 Å². The summed E-state index contributed by atoms with van der Waals surface area (Å²) >= 11 is 0. The monoisotopic (exact) mass is 546 g/mol. The van der Waals surface area contributed by atoms with Crippen LogP contribution in [-0.2, 0) is 24.5 Å². The number of para-hydroxylation sites is 1. The molecule has 0 bridgehead atoms. The van der Waals surface area contributed by atoms with E-state index in [1.54, 1.807) is 36.4 Å². The molecule has 3 N–H and O–H groups in total. The predicted octanol–water partition coefficient (Wildman–Crippen LogP) is 4.75. The molecule has 1 amide bonds. The van der Waals surface area contributed by atoms with Crippen molar-refractivity contribution in [1.82, 2.24) is 4.90 Å². The number of aromatic hydroxyl groups is 1. The first-order valence-corrected chi connectivity index (χ1v) is 13.4. The first-order valence-electron chi connectivity index (χ1n) is 13.4. The van der Waals surface area contributed by atoms with Gasteiger partial charge in [0, 0.05) is 5.69 Å². The quantitative estimate of drug-likeness (QED) is 0.317. The lowest BCUT2D eigenvalue weighted by atomic mass is 9.65. The lowest BCUT2D eigenvalue weighted by Crippen LogP contribution is -2.52. The second-order valence-electron chi connectivity index (χ2n) is 10.7. The third-order valence-corrected chi connectivity index (χ3v) is 8.69. The van der Waals surface area contributed by atoms with Crippen molar-refractivity contribution in [3.8, 4) is 5.75 Å². The number of carbonyl (C=O) groups is 3. The minimum absolute atomic E-state index is 0.0308. The molecule has 2 saturated heterocycles. The first kappa shape index (κ1) is 25.0. The third kappa shape index (κ3) is 3.54. The molecule has 8 nitrogen and oxygen atoms in total. The number of hydrogen-bond acceptors (Lipinski definition) is 6. The van der Waals surface area contributed by atoms with Crippen molar-refractivity contribution < 1.29 is 29.3 Å². The highest BCUT2D eigenvalue weighted by Gasteiger charge is 2.74. The third-order valence-electron chi connectivity index (χ3n) is 8.69. The number of nitrogens with one attached hydrogen (secondary N) is 1. The number of nitrogens with zero attached hydrogens (tertiary/aromatic N) is 1. The molecule has 4 aromatic rings. The Hall–Kier alpha value is -4.95. The van der Waals surface area contributed by atoms with Crippen molar-refractivity contribution in [3.05, 3.63) is 131 Å². The smallest absolute Gasteiger partial charge is 0.325 e. The van der Waals surface area contributed by atoms with Crippen molar-refractivity contribution in [3.63, 3.8) is 0 Å². The molecule has 0 saturated carbocycles. The maximum Gasteiger partial charge on any atom is 0.325 e. The largest absolute Gasteiger partial charge is 0.508 e. The summed E-state index contributed by atoms with van der Waals surface area (Å²) in [6.45, 7) is 0. The number of amides is 1. The van der Waals surface area contributed by atoms with Gasteiger partial charge in [0.15, 0.2) is 0 Å². The van der Waals surface area contributed by atoms with Gasteiger partial charge in [-0.15, -0.1) is 0 Å². The number of hydrogen-bond donors (Lipinski definition) is 3. The van der Waals surface area contributed by atoms with Crippen molar-refractivity contribution in [1.29, 1.82) is 0 Å². The number of morpholine rings is 1. The molecule has 6 atom stereocenters. The van der Waals surface area contributed by atoms with Gasteiger partial charge in [0.2, 0.25) is 5.91 Å². The summed E-state index contributed by atoms with van der Waals surface area (Å²) < 4.78 is 6.15. The number of benzene rings is 4. The van der Waals surface area contributed by atoms with Crippen LogP contribution >= 0.6 is 0 Å². The van der Waals surface area contributed by atoms with E-state index < -0.39 is 53.4 Å². The van der Waals surface area contributed by atoms with E-state index in [2.05, 4.69) is 5.32 Å². The Morgan fingerprint density at radius 1 is 0.756 bits per heavy atom. The molecule has 8 heteroatoms. The number of phenols is 1. The molecule has 1 spiro atoms. The van der Waals surface area contributed by atoms with Crippen LogP contribution in [0, 0.1) is 5.92 Å². The standard InChI is InChI=1S/C33H26N2O6/c36-22-17-15-21(16-18-22)29-33(23-13-7-8-14-24(23)34-32(33)40)25(30(37)38)27-31(39)41-28(20-11-5-2-6-12-20)26(35(27)29)19-9-3-1-4-10-19/h1-18,25-29,36H,(H,34,40)(H,37,38)/t25-,26-,27-,28+,29+,33-/m0/s1. The van der Waals surface area contributed by atoms with E-state index in [-0.39, 0.29) is 5.75 Å². The van der Waals surface area contributed by atoms with Gasteiger partial charge >= 0.3 is 11.9 Å². The van der Waals surface area contributed by atoms with E-state index in [1.165, 1.54) is 12.1 Å². The highest BCUT2D eigenvalue weighted by molar-refractivity contribution is 6.11. The molecule has 0 unspecified atom stereocenters. The lowest BCUT2D eigenvalue weighted by Gasteiger charge is -2.46. The Morgan fingerprint density at radius 2 is 1.37 bits per heavy atom. The summed E-state index contributed by atoms with van der Waals surface area (Å²) in [7, 11) is 0. The molecular weight excluding hydrogens is 520 g/mol. The highest BCUT2D eigenvalue weighted by atomic mass is 16.6. The molecule has 41 heavy (non-hydrogen) atoms. The van der Waals surface area contributed by atoms with Crippen LogP contribution < -0.4 is 5.32 Å². The maximum absolute atomic E-state index is 14.3. The Bertz CT molecular complexity index is 1660. The Kier molecular flexibility index (Phi) is 5.69. The first-order chi connectivity index (χ1) is 19.9. The number of phenolic OH excluding ortho intramolecular Hbond substituents is 1. The molecule has 0 aliphatic carbocycles. The van der Waals surface area contributed by atoms with Crippen molar-refractivity contribution in [2.75, 3.05) is 5.32 Å². The summed E-state index contributed by atoms with van der Waals surface area (Å²) in [5, 5.41) is 23.9. The summed E-state index contributed by atoms with van der Waals surface area (Å²) in [5.74, 6) is -3.88. The van der Waals surface area contributed by atoms with E-state index in [9.17, 15) is 24.6 Å². The number of ether oxygens (including phenoxy) is 1. The average Bonchev–Trinajstić information content (AvgIpc) is 3.47. The number of anilines is 1. The number of carboxylic acids is 1. The van der Waals surface area contributed by atoms with E-state index in [1.807, 2.05) is 65.6 Å². The van der Waals surface area contributed by atoms with Crippen LogP contribution in [0.1, 0.15) is 40.4 Å². The summed E-state index contributed by atoms with van der Waals surface area (Å²) in [6, 6.07) is 29.5. The fraction of sp³-hybridized carbons (Fsp3) is 0.182. The van der Waals surface area contributed by atoms with Gasteiger partial charge in [-0.25, -0.2) is 0 Å². The van der Waals surface area contributed by atoms with Crippen LogP contribution in [0.5, 0.6) is 5.75 Å². The average molecular weight is 547 g/mol. The van der Waals surface area contributed by atoms with E-state index >= 15 is 0 Å². The van der Waals surface area contributed by atoms with Crippen LogP contribution in [0.25, 0.3) is 0 Å². The van der Waals surface area contributed by atoms with Crippen molar-refractivity contribution >= 4 is 23.5 Å². The minimum Gasteiger partial charge on any atom is -0.508 e. The molecule has 7 rings (SSSR count). The number of aliphatic carboxylic acids is 1. The zero-order chi connectivity index (χ0) is 28.3. The van der Waals surface area contributed by atoms with Crippen LogP contribution in [0.3, 0.4) is 0 Å². The number of cyclic esters (lactones) is 1. The number of esters is 1. The SMILES string of the molecule is O=C1O[C@H](c2ccccc2)[C@H](c2ccccc2)N2[C@H]1[C@@H](C(=O)O)[C@]1(C(=O)Nc3ccccc31)[C@H]2c1ccc(O)cc1. The van der Waals surface area contributed by atoms with Gasteiger partial charge in [-0.2, -0.15) is 0 Å². The number of fused-ring (bicyclic) bond motifs is 3. The Balaban J connectivity index is 1.56. The second-order valence-corrected chi connectivity index (χ2v) is 10.7. The van der Waals surface area contributed by atoms with Gasteiger partial charge in [0.1, 0.15) is 29.2 Å². The van der Waals surface area contributed by atoms with Gasteiger partial charge in [-0.05, 0) is 40.5 Å². The van der Waals surface area contributed by atoms with E-state index in [0.29, 0.717) is 16.8 Å². The van der Waals surface area contributed by atoms with Gasteiger partial charge in [0.25, 0.3) is 0 Å². The maximum atomic E-state index is 14.3. The van der Waals surface area contributed by atoms with Crippen molar-refractivity contribution in [2.45, 2.75) is 29.6 Å². The summed E-state index contributed by atoms with van der Waals surface area (Å²) in [4.78, 5) is 43.5. The molecule has 2 fully saturated rings. The van der Waals surface area contributed by atoms with Gasteiger partial charge < -0.3 is 20.3 Å². The fourth-order valence-electron chi connectivity index (χ4n) is 7.19. The molecule has 3 heterocycles. The summed E-state index contributed by atoms with van der Waals surface area (Å²) in [6.07, 6.45) is -0.772. The van der Waals surface area contributed by atoms with Crippen LogP contribution in [0.2, 0.25) is 0 Å². The van der Waals surface area contributed by atoms with Crippen LogP contribution in [0.4, 0.5) is 5.69 Å². The molecule has 4 aromatic carbocycles. The fourth-order valence-corrected chi connectivity index (χ4v) is 7.19. The van der Waals surface area contributed by atoms with E-state index in [0.717, 1.165) is 11.1 Å². The van der Waals surface area contributed by atoms with Gasteiger partial charge in [-0.3, -0.25) is 19.3 Å². The van der Waals surface area contributed by atoms with Gasteiger partial charge in [0.05, 0.1) is 12.1 Å². The highest BCUT2D eigenvalue weighted by Crippen LogP contribution is 2.64. The Morgan fingerprint density at radius 3 is 2.02 bits per heavy atom. The van der Waals surface area contributed by atoms with Crippen LogP contribution in [-0.4, -0.2) is 39.0 Å². The molecule has 0 aromatic heterocycles. The van der Waals surface area contributed by atoms with E-state index in [4.69, 9.17) is 4.74 Å². The van der Waals surface area contributed by atoms with Crippen LogP contribution in [0.15, 0.2) is 109 Å². The molecule has 3 aliphatic rings. The van der Waals surface area contributed by atoms with Crippen molar-refractivity contribution in [2.24, 2.45) is 5.92 Å². The zero-order valence-electron chi connectivity index (χ0n) is 21.8. The second kappa shape index (κ2) is 9.31. The predicted molar refractivity (Wildman–Crippen MR) is 149 cm³/mol. The number of carbonyl (C=O) groups excluding carboxylic acids is 2. The summed E-state index contributed by atoms with van der Waals surface area (Å²) in [5.41, 5.74) is 1.53. The lowest BCUT2D eigenvalue weighted by molar-refractivity contribution is -0.179. The molecular formula is C33H26N2O6. The normalized spacial score (nSPS) is 28.5. The molecule has 3 aliphatic heterocycles. The zero-order valence-corrected chi connectivity index (χ0v) is 21.8. The number of rotatable bonds is 4. The number of carboxylic acid groups (broad SMARTS) is 1. The molecule has 0 radical (unpaired) electrons. The Labute approximate surface area is 235 Å². The minimum atomic E-state index is -1.66.